The van der Waals surface area contributed by atoms with Gasteiger partial charge in [-0.05, 0) is 36.4 Å². The number of hydrogen-bond acceptors (Lipinski definition) is 2. The van der Waals surface area contributed by atoms with Gasteiger partial charge < -0.3 is 4.74 Å². The zero-order valence-electron chi connectivity index (χ0n) is 8.61. The molecule has 0 unspecified atom stereocenters. The number of benzene rings is 1. The molecule has 0 spiro atoms. The van der Waals surface area contributed by atoms with Crippen molar-refractivity contribution >= 4 is 15.9 Å². The third-order valence-electron chi connectivity index (χ3n) is 2.06. The van der Waals surface area contributed by atoms with Gasteiger partial charge in [-0.25, -0.2) is 13.8 Å². The molecule has 0 N–H and O–H groups in total. The molecule has 17 heavy (non-hydrogen) atoms. The lowest BCUT2D eigenvalue weighted by Gasteiger charge is -2.08. The maximum atomic E-state index is 12.7. The number of halogens is 3. The Morgan fingerprint density at radius 2 is 1.82 bits per heavy atom. The number of aromatic nitrogens is 1. The highest BCUT2D eigenvalue weighted by atomic mass is 79.9. The zero-order valence-corrected chi connectivity index (χ0v) is 10.2. The van der Waals surface area contributed by atoms with Gasteiger partial charge in [0.2, 0.25) is 5.88 Å². The fraction of sp³-hybridized carbons (Fsp3) is 0.0833. The maximum absolute atomic E-state index is 12.7. The standard InChI is InChI=1S/C12H8BrF2NO/c13-8-3-5-9(6-4-8)17-12-10(11(14)15)2-1-7-16-12/h1-7,11H. The number of ether oxygens (including phenoxy) is 1. The summed E-state index contributed by atoms with van der Waals surface area (Å²) < 4.78 is 31.5. The number of nitrogens with zero attached hydrogens (tertiary/aromatic N) is 1. The topological polar surface area (TPSA) is 22.1 Å². The molecule has 0 aliphatic heterocycles. The van der Waals surface area contributed by atoms with Crippen molar-refractivity contribution in [1.82, 2.24) is 4.98 Å². The van der Waals surface area contributed by atoms with Crippen molar-refractivity contribution < 1.29 is 13.5 Å². The Hall–Kier alpha value is -1.49. The van der Waals surface area contributed by atoms with Crippen molar-refractivity contribution in [3.8, 4) is 11.6 Å². The molecule has 0 fully saturated rings. The van der Waals surface area contributed by atoms with Gasteiger partial charge in [-0.2, -0.15) is 0 Å². The van der Waals surface area contributed by atoms with Crippen LogP contribution in [0.3, 0.4) is 0 Å². The van der Waals surface area contributed by atoms with Gasteiger partial charge in [-0.15, -0.1) is 0 Å². The van der Waals surface area contributed by atoms with Crippen LogP contribution in [-0.2, 0) is 0 Å². The molecule has 0 bridgehead atoms. The summed E-state index contributed by atoms with van der Waals surface area (Å²) in [6.45, 7) is 0. The van der Waals surface area contributed by atoms with Crippen LogP contribution in [0.15, 0.2) is 47.1 Å². The average molecular weight is 300 g/mol. The number of pyridine rings is 1. The van der Waals surface area contributed by atoms with Crippen molar-refractivity contribution in [3.63, 3.8) is 0 Å². The van der Waals surface area contributed by atoms with Gasteiger partial charge in [-0.1, -0.05) is 15.9 Å². The van der Waals surface area contributed by atoms with Gasteiger partial charge in [0.25, 0.3) is 6.43 Å². The Bertz CT molecular complexity index is 502. The summed E-state index contributed by atoms with van der Waals surface area (Å²) in [5, 5.41) is 0. The van der Waals surface area contributed by atoms with E-state index in [4.69, 9.17) is 4.74 Å². The van der Waals surface area contributed by atoms with Crippen LogP contribution in [0.5, 0.6) is 11.6 Å². The summed E-state index contributed by atoms with van der Waals surface area (Å²) >= 11 is 3.28. The molecular weight excluding hydrogens is 292 g/mol. The third-order valence-corrected chi connectivity index (χ3v) is 2.59. The van der Waals surface area contributed by atoms with Crippen LogP contribution < -0.4 is 4.74 Å². The van der Waals surface area contributed by atoms with E-state index in [0.29, 0.717) is 5.75 Å². The monoisotopic (exact) mass is 299 g/mol. The van der Waals surface area contributed by atoms with Gasteiger partial charge >= 0.3 is 0 Å². The molecule has 0 amide bonds. The molecule has 88 valence electrons. The van der Waals surface area contributed by atoms with Crippen LogP contribution in [0.1, 0.15) is 12.0 Å². The molecular formula is C12H8BrF2NO. The molecule has 0 saturated heterocycles. The summed E-state index contributed by atoms with van der Waals surface area (Å²) in [7, 11) is 0. The minimum absolute atomic E-state index is 0.0650. The highest BCUT2D eigenvalue weighted by Gasteiger charge is 2.15. The molecule has 5 heteroatoms. The number of rotatable bonds is 3. The summed E-state index contributed by atoms with van der Waals surface area (Å²) in [4.78, 5) is 3.80. The van der Waals surface area contributed by atoms with Crippen LogP contribution in [0.25, 0.3) is 0 Å². The van der Waals surface area contributed by atoms with Crippen molar-refractivity contribution in [2.75, 3.05) is 0 Å². The van der Waals surface area contributed by atoms with Crippen LogP contribution in [0, 0.1) is 0 Å². The highest BCUT2D eigenvalue weighted by molar-refractivity contribution is 9.10. The van der Waals surface area contributed by atoms with E-state index < -0.39 is 6.43 Å². The van der Waals surface area contributed by atoms with E-state index in [2.05, 4.69) is 20.9 Å². The molecule has 1 aromatic heterocycles. The van der Waals surface area contributed by atoms with Crippen LogP contribution >= 0.6 is 15.9 Å². The average Bonchev–Trinajstić information content (AvgIpc) is 2.32. The lowest BCUT2D eigenvalue weighted by Crippen LogP contribution is -1.94. The Labute approximate surface area is 105 Å². The quantitative estimate of drug-likeness (QED) is 0.828. The Morgan fingerprint density at radius 1 is 1.12 bits per heavy atom. The highest BCUT2D eigenvalue weighted by Crippen LogP contribution is 2.30. The maximum Gasteiger partial charge on any atom is 0.269 e. The van der Waals surface area contributed by atoms with Gasteiger partial charge in [0.1, 0.15) is 5.75 Å². The minimum atomic E-state index is -2.60. The molecule has 0 saturated carbocycles. The van der Waals surface area contributed by atoms with Crippen LogP contribution in [-0.4, -0.2) is 4.98 Å². The van der Waals surface area contributed by atoms with Gasteiger partial charge in [-0.3, -0.25) is 0 Å². The first kappa shape index (κ1) is 12.0. The molecule has 0 aliphatic rings. The molecule has 0 atom stereocenters. The fourth-order valence-electron chi connectivity index (χ4n) is 1.27. The molecule has 1 heterocycles. The first-order chi connectivity index (χ1) is 8.16. The first-order valence-corrected chi connectivity index (χ1v) is 5.62. The fourth-order valence-corrected chi connectivity index (χ4v) is 1.53. The van der Waals surface area contributed by atoms with Gasteiger partial charge in [0, 0.05) is 10.7 Å². The van der Waals surface area contributed by atoms with Crippen molar-refractivity contribution in [2.45, 2.75) is 6.43 Å². The summed E-state index contributed by atoms with van der Waals surface area (Å²) in [5.41, 5.74) is -0.213. The molecule has 0 radical (unpaired) electrons. The van der Waals surface area contributed by atoms with Crippen molar-refractivity contribution in [2.24, 2.45) is 0 Å². The molecule has 2 nitrogen and oxygen atoms in total. The lowest BCUT2D eigenvalue weighted by atomic mass is 10.3. The predicted molar refractivity (Wildman–Crippen MR) is 63.4 cm³/mol. The van der Waals surface area contributed by atoms with E-state index >= 15 is 0 Å². The van der Waals surface area contributed by atoms with Gasteiger partial charge in [0.15, 0.2) is 0 Å². The van der Waals surface area contributed by atoms with Gasteiger partial charge in [0.05, 0.1) is 5.56 Å². The predicted octanol–water partition coefficient (Wildman–Crippen LogP) is 4.57. The lowest BCUT2D eigenvalue weighted by molar-refractivity contribution is 0.147. The SMILES string of the molecule is FC(F)c1cccnc1Oc1ccc(Br)cc1. The van der Waals surface area contributed by atoms with E-state index in [9.17, 15) is 8.78 Å². The molecule has 1 aromatic carbocycles. The van der Waals surface area contributed by atoms with E-state index in [0.717, 1.165) is 4.47 Å². The van der Waals surface area contributed by atoms with Crippen LogP contribution in [0.2, 0.25) is 0 Å². The number of hydrogen-bond donors (Lipinski definition) is 0. The smallest absolute Gasteiger partial charge is 0.269 e. The second-order valence-electron chi connectivity index (χ2n) is 3.25. The van der Waals surface area contributed by atoms with E-state index in [1.165, 1.54) is 18.3 Å². The third kappa shape index (κ3) is 3.00. The van der Waals surface area contributed by atoms with Crippen molar-refractivity contribution in [1.29, 1.82) is 0 Å². The van der Waals surface area contributed by atoms with Crippen LogP contribution in [0.4, 0.5) is 8.78 Å². The first-order valence-electron chi connectivity index (χ1n) is 4.83. The largest absolute Gasteiger partial charge is 0.439 e. The molecule has 0 aliphatic carbocycles. The summed E-state index contributed by atoms with van der Waals surface area (Å²) in [6, 6.07) is 9.63. The zero-order chi connectivity index (χ0) is 12.3. The van der Waals surface area contributed by atoms with E-state index in [1.807, 2.05) is 0 Å². The summed E-state index contributed by atoms with van der Waals surface area (Å²) in [6.07, 6.45) is -1.19. The normalized spacial score (nSPS) is 10.6. The Kier molecular flexibility index (Phi) is 3.68. The van der Waals surface area contributed by atoms with E-state index in [1.54, 1.807) is 24.3 Å². The second kappa shape index (κ2) is 5.23. The van der Waals surface area contributed by atoms with Crippen molar-refractivity contribution in [3.05, 3.63) is 52.6 Å². The Balaban J connectivity index is 2.26. The summed E-state index contributed by atoms with van der Waals surface area (Å²) in [5.74, 6) is 0.402. The van der Waals surface area contributed by atoms with E-state index in [-0.39, 0.29) is 11.4 Å². The molecule has 2 rings (SSSR count). The Morgan fingerprint density at radius 3 is 2.47 bits per heavy atom. The number of alkyl halides is 2. The molecule has 2 aromatic rings. The minimum Gasteiger partial charge on any atom is -0.439 e. The second-order valence-corrected chi connectivity index (χ2v) is 4.17.